The van der Waals surface area contributed by atoms with Gasteiger partial charge in [-0.15, -0.1) is 13.2 Å². The Balaban J connectivity index is 1.29. The molecule has 2 aliphatic rings. The van der Waals surface area contributed by atoms with E-state index < -0.39 is 30.0 Å². The number of benzene rings is 3. The van der Waals surface area contributed by atoms with Crippen molar-refractivity contribution in [2.45, 2.75) is 37.0 Å². The smallest absolute Gasteiger partial charge is 0.507 e. The fraction of sp³-hybridized carbons (Fsp3) is 0.387. The second-order valence-electron chi connectivity index (χ2n) is 10.8. The van der Waals surface area contributed by atoms with Crippen LogP contribution in [0.3, 0.4) is 0 Å². The van der Waals surface area contributed by atoms with Crippen LogP contribution in [0.2, 0.25) is 5.02 Å². The molecule has 3 aromatic rings. The van der Waals surface area contributed by atoms with Crippen molar-refractivity contribution in [2.24, 2.45) is 0 Å². The number of morpholine rings is 1. The van der Waals surface area contributed by atoms with Crippen molar-refractivity contribution in [3.8, 4) is 11.5 Å². The average molecular weight is 620 g/mol. The third-order valence-electron chi connectivity index (χ3n) is 7.96. The van der Waals surface area contributed by atoms with Gasteiger partial charge in [0, 0.05) is 55.0 Å². The number of aromatic hydroxyl groups is 1. The summed E-state index contributed by atoms with van der Waals surface area (Å²) in [7, 11) is 0. The fourth-order valence-electron chi connectivity index (χ4n) is 5.88. The van der Waals surface area contributed by atoms with Crippen LogP contribution in [0.5, 0.6) is 11.5 Å². The fourth-order valence-corrected chi connectivity index (χ4v) is 6.13. The number of halogens is 4. The molecule has 0 radical (unpaired) electrons. The number of aliphatic hydroxyl groups is 1. The Morgan fingerprint density at radius 2 is 1.77 bits per heavy atom. The Morgan fingerprint density at radius 1 is 1.05 bits per heavy atom. The van der Waals surface area contributed by atoms with E-state index in [1.165, 1.54) is 24.3 Å². The summed E-state index contributed by atoms with van der Waals surface area (Å²) in [6, 6.07) is 18.7. The lowest BCUT2D eigenvalue weighted by molar-refractivity contribution is -0.274. The molecular formula is C31H33ClF3N3O5. The van der Waals surface area contributed by atoms with Gasteiger partial charge >= 0.3 is 6.36 Å². The van der Waals surface area contributed by atoms with Gasteiger partial charge in [-0.05, 0) is 55.3 Å². The van der Waals surface area contributed by atoms with Gasteiger partial charge in [0.25, 0.3) is 5.91 Å². The second kappa shape index (κ2) is 13.0. The first-order valence-corrected chi connectivity index (χ1v) is 14.4. The number of ether oxygens (including phenoxy) is 2. The average Bonchev–Trinajstić information content (AvgIpc) is 3.37. The molecule has 8 nitrogen and oxygen atoms in total. The van der Waals surface area contributed by atoms with Crippen LogP contribution >= 0.6 is 11.6 Å². The van der Waals surface area contributed by atoms with Gasteiger partial charge in [-0.25, -0.2) is 0 Å². The number of carbonyl (C=O) groups is 1. The lowest BCUT2D eigenvalue weighted by Gasteiger charge is -2.45. The number of hydrogen-bond donors (Lipinski definition) is 3. The summed E-state index contributed by atoms with van der Waals surface area (Å²) >= 11 is 6.46. The Labute approximate surface area is 252 Å². The molecule has 2 saturated heterocycles. The maximum atomic E-state index is 12.7. The number of phenolic OH excluding ortho intramolecular Hbond substituents is 1. The van der Waals surface area contributed by atoms with Crippen LogP contribution in [0, 0.1) is 0 Å². The summed E-state index contributed by atoms with van der Waals surface area (Å²) < 4.78 is 48.0. The van der Waals surface area contributed by atoms with Gasteiger partial charge in [-0.3, -0.25) is 9.69 Å². The van der Waals surface area contributed by atoms with E-state index in [4.69, 9.17) is 16.3 Å². The standard InChI is InChI=1S/C31H33ClF3N3O5/c32-25-7-3-1-5-23(25)28(40)26(13-15-36-29(41)24-6-2-4-8-27(24)39)38-17-18-42-30(20-38)14-16-37(19-30)21-9-11-22(12-10-21)43-31(33,34)35/h1-12,26,28,39-40H,13-20H2,(H,36,41). The van der Waals surface area contributed by atoms with Crippen molar-refractivity contribution < 1.29 is 37.7 Å². The molecule has 12 heteroatoms. The molecule has 230 valence electrons. The summed E-state index contributed by atoms with van der Waals surface area (Å²) in [6.45, 7) is 2.86. The quantitative estimate of drug-likeness (QED) is 0.305. The lowest BCUT2D eigenvalue weighted by atomic mass is 9.93. The molecule has 2 aliphatic heterocycles. The highest BCUT2D eigenvalue weighted by Gasteiger charge is 2.45. The van der Waals surface area contributed by atoms with E-state index in [1.807, 2.05) is 6.07 Å². The number of anilines is 1. The Bertz CT molecular complexity index is 1410. The molecule has 0 saturated carbocycles. The van der Waals surface area contributed by atoms with Crippen molar-refractivity contribution in [2.75, 3.05) is 44.2 Å². The molecule has 2 fully saturated rings. The summed E-state index contributed by atoms with van der Waals surface area (Å²) in [4.78, 5) is 16.9. The number of para-hydroxylation sites is 1. The monoisotopic (exact) mass is 619 g/mol. The third-order valence-corrected chi connectivity index (χ3v) is 8.31. The molecule has 0 bridgehead atoms. The second-order valence-corrected chi connectivity index (χ2v) is 11.2. The maximum Gasteiger partial charge on any atom is 0.573 e. The predicted octanol–water partition coefficient (Wildman–Crippen LogP) is 5.15. The highest BCUT2D eigenvalue weighted by atomic mass is 35.5. The van der Waals surface area contributed by atoms with Gasteiger partial charge in [0.15, 0.2) is 0 Å². The van der Waals surface area contributed by atoms with E-state index in [2.05, 4.69) is 19.9 Å². The minimum Gasteiger partial charge on any atom is -0.507 e. The van der Waals surface area contributed by atoms with Crippen LogP contribution in [0.25, 0.3) is 0 Å². The molecule has 3 unspecified atom stereocenters. The van der Waals surface area contributed by atoms with E-state index in [-0.39, 0.29) is 23.6 Å². The Morgan fingerprint density at radius 3 is 2.49 bits per heavy atom. The molecule has 1 spiro atoms. The van der Waals surface area contributed by atoms with E-state index in [9.17, 15) is 28.2 Å². The van der Waals surface area contributed by atoms with Crippen molar-refractivity contribution in [1.29, 1.82) is 0 Å². The van der Waals surface area contributed by atoms with Crippen molar-refractivity contribution in [1.82, 2.24) is 10.2 Å². The zero-order valence-corrected chi connectivity index (χ0v) is 24.0. The first-order chi connectivity index (χ1) is 20.5. The largest absolute Gasteiger partial charge is 0.573 e. The maximum absolute atomic E-state index is 12.7. The molecule has 0 aliphatic carbocycles. The van der Waals surface area contributed by atoms with Gasteiger partial charge in [-0.1, -0.05) is 41.9 Å². The number of alkyl halides is 3. The molecular weight excluding hydrogens is 587 g/mol. The number of hydrogen-bond acceptors (Lipinski definition) is 7. The number of phenols is 1. The molecule has 3 N–H and O–H groups in total. The van der Waals surface area contributed by atoms with Gasteiger partial charge in [0.2, 0.25) is 0 Å². The van der Waals surface area contributed by atoms with Crippen LogP contribution in [0.15, 0.2) is 72.8 Å². The van der Waals surface area contributed by atoms with E-state index in [1.54, 1.807) is 42.5 Å². The number of rotatable bonds is 9. The van der Waals surface area contributed by atoms with Crippen LogP contribution in [-0.2, 0) is 4.74 Å². The van der Waals surface area contributed by atoms with Crippen molar-refractivity contribution in [3.63, 3.8) is 0 Å². The topological polar surface area (TPSA) is 94.5 Å². The van der Waals surface area contributed by atoms with Crippen LogP contribution in [-0.4, -0.2) is 78.4 Å². The number of aliphatic hydroxyl groups excluding tert-OH is 1. The molecule has 0 aromatic heterocycles. The van der Waals surface area contributed by atoms with Crippen molar-refractivity contribution in [3.05, 3.63) is 88.9 Å². The van der Waals surface area contributed by atoms with Crippen molar-refractivity contribution >= 4 is 23.2 Å². The molecule has 3 aromatic carbocycles. The Hall–Kier alpha value is -3.51. The SMILES string of the molecule is O=C(NCCC(C(O)c1ccccc1Cl)N1CCOC2(CCN(c3ccc(OC(F)(F)F)cc3)C2)C1)c1ccccc1O. The van der Waals surface area contributed by atoms with Crippen LogP contribution in [0.4, 0.5) is 18.9 Å². The highest BCUT2D eigenvalue weighted by molar-refractivity contribution is 6.31. The lowest BCUT2D eigenvalue weighted by Crippen LogP contribution is -2.57. The molecule has 43 heavy (non-hydrogen) atoms. The van der Waals surface area contributed by atoms with E-state index in [0.29, 0.717) is 56.2 Å². The summed E-state index contributed by atoms with van der Waals surface area (Å²) in [6.07, 6.45) is -4.63. The number of nitrogens with one attached hydrogen (secondary N) is 1. The normalized spacial score (nSPS) is 20.6. The van der Waals surface area contributed by atoms with Gasteiger partial charge in [-0.2, -0.15) is 0 Å². The van der Waals surface area contributed by atoms with Crippen LogP contribution in [0.1, 0.15) is 34.9 Å². The first kappa shape index (κ1) is 30.9. The molecule has 2 heterocycles. The van der Waals surface area contributed by atoms with E-state index >= 15 is 0 Å². The first-order valence-electron chi connectivity index (χ1n) is 14.0. The third kappa shape index (κ3) is 7.53. The number of carbonyl (C=O) groups excluding carboxylic acids is 1. The summed E-state index contributed by atoms with van der Waals surface area (Å²) in [5.74, 6) is -0.812. The number of amides is 1. The number of nitrogens with zero attached hydrogens (tertiary/aromatic N) is 2. The van der Waals surface area contributed by atoms with E-state index in [0.717, 1.165) is 5.69 Å². The Kier molecular flexibility index (Phi) is 9.36. The molecule has 1 amide bonds. The summed E-state index contributed by atoms with van der Waals surface area (Å²) in [5.41, 5.74) is 0.944. The minimum absolute atomic E-state index is 0.115. The minimum atomic E-state index is -4.75. The van der Waals surface area contributed by atoms with Gasteiger partial charge in [0.1, 0.15) is 11.5 Å². The van der Waals surface area contributed by atoms with Crippen LogP contribution < -0.4 is 15.0 Å². The predicted molar refractivity (Wildman–Crippen MR) is 155 cm³/mol. The molecule has 3 atom stereocenters. The highest BCUT2D eigenvalue weighted by Crippen LogP contribution is 2.37. The van der Waals surface area contributed by atoms with Gasteiger partial charge < -0.3 is 29.9 Å². The zero-order valence-electron chi connectivity index (χ0n) is 23.3. The molecule has 5 rings (SSSR count). The zero-order chi connectivity index (χ0) is 30.6. The summed E-state index contributed by atoms with van der Waals surface area (Å²) in [5, 5.41) is 24.9. The van der Waals surface area contributed by atoms with Gasteiger partial charge in [0.05, 0.1) is 23.9 Å².